The summed E-state index contributed by atoms with van der Waals surface area (Å²) in [6.07, 6.45) is 0.939. The highest BCUT2D eigenvalue weighted by Gasteiger charge is 2.18. The molecule has 1 amide bonds. The number of hydrogen-bond donors (Lipinski definition) is 2. The van der Waals surface area contributed by atoms with E-state index in [4.69, 9.17) is 16.3 Å². The van der Waals surface area contributed by atoms with Crippen molar-refractivity contribution >= 4 is 23.2 Å². The van der Waals surface area contributed by atoms with Crippen LogP contribution in [0.5, 0.6) is 0 Å². The van der Waals surface area contributed by atoms with Crippen LogP contribution in [0.15, 0.2) is 18.2 Å². The van der Waals surface area contributed by atoms with Crippen molar-refractivity contribution in [2.24, 2.45) is 0 Å². The van der Waals surface area contributed by atoms with E-state index in [2.05, 4.69) is 15.5 Å². The first-order chi connectivity index (χ1) is 10.2. The summed E-state index contributed by atoms with van der Waals surface area (Å²) in [5, 5.41) is 6.93. The Kier molecular flexibility index (Phi) is 6.29. The summed E-state index contributed by atoms with van der Waals surface area (Å²) in [6.45, 7) is 4.05. The van der Waals surface area contributed by atoms with Crippen LogP contribution in [0.1, 0.15) is 12.0 Å². The minimum absolute atomic E-state index is 0.0609. The Morgan fingerprint density at radius 2 is 2.33 bits per heavy atom. The second-order valence-electron chi connectivity index (χ2n) is 5.03. The van der Waals surface area contributed by atoms with Crippen LogP contribution in [0.3, 0.4) is 0 Å². The van der Waals surface area contributed by atoms with Gasteiger partial charge in [-0.3, -0.25) is 4.79 Å². The number of rotatable bonds is 6. The van der Waals surface area contributed by atoms with Crippen molar-refractivity contribution in [1.82, 2.24) is 10.6 Å². The van der Waals surface area contributed by atoms with Crippen LogP contribution in [-0.4, -0.2) is 45.8 Å². The zero-order valence-electron chi connectivity index (χ0n) is 12.3. The fraction of sp³-hybridized carbons (Fsp3) is 0.533. The summed E-state index contributed by atoms with van der Waals surface area (Å²) in [6, 6.07) is 5.84. The lowest BCUT2D eigenvalue weighted by atomic mass is 10.1. The minimum atomic E-state index is 0.0609. The molecule has 2 N–H and O–H groups in total. The predicted molar refractivity (Wildman–Crippen MR) is 84.9 cm³/mol. The zero-order valence-corrected chi connectivity index (χ0v) is 13.1. The third-order valence-corrected chi connectivity index (χ3v) is 3.84. The molecule has 1 saturated heterocycles. The Balaban J connectivity index is 2.13. The molecule has 0 unspecified atom stereocenters. The Bertz CT molecular complexity index is 482. The van der Waals surface area contributed by atoms with Gasteiger partial charge in [0, 0.05) is 49.6 Å². The van der Waals surface area contributed by atoms with Crippen molar-refractivity contribution in [3.63, 3.8) is 0 Å². The fourth-order valence-corrected chi connectivity index (χ4v) is 2.65. The molecule has 2 rings (SSSR count). The summed E-state index contributed by atoms with van der Waals surface area (Å²) >= 11 is 6.34. The van der Waals surface area contributed by atoms with E-state index in [9.17, 15) is 4.79 Å². The van der Waals surface area contributed by atoms with Crippen molar-refractivity contribution < 1.29 is 9.53 Å². The van der Waals surface area contributed by atoms with E-state index in [0.29, 0.717) is 19.7 Å². The van der Waals surface area contributed by atoms with Crippen molar-refractivity contribution in [1.29, 1.82) is 0 Å². The van der Waals surface area contributed by atoms with E-state index < -0.39 is 0 Å². The maximum atomic E-state index is 11.7. The molecule has 1 aliphatic heterocycles. The molecule has 0 spiro atoms. The van der Waals surface area contributed by atoms with E-state index >= 15 is 0 Å². The van der Waals surface area contributed by atoms with Gasteiger partial charge in [-0.15, -0.1) is 0 Å². The summed E-state index contributed by atoms with van der Waals surface area (Å²) in [5.74, 6) is 0.0609. The highest BCUT2D eigenvalue weighted by atomic mass is 35.5. The van der Waals surface area contributed by atoms with Gasteiger partial charge in [-0.05, 0) is 18.6 Å². The number of benzene rings is 1. The van der Waals surface area contributed by atoms with E-state index in [0.717, 1.165) is 42.3 Å². The summed E-state index contributed by atoms with van der Waals surface area (Å²) in [7, 11) is 1.68. The quantitative estimate of drug-likeness (QED) is 0.780. The molecule has 6 heteroatoms. The van der Waals surface area contributed by atoms with Crippen molar-refractivity contribution in [2.75, 3.05) is 44.8 Å². The molecular formula is C15H22ClN3O2. The molecule has 116 valence electrons. The molecule has 0 aliphatic carbocycles. The first kappa shape index (κ1) is 16.1. The number of hydrogen-bond acceptors (Lipinski definition) is 4. The van der Waals surface area contributed by atoms with E-state index in [1.807, 2.05) is 18.2 Å². The second kappa shape index (κ2) is 8.22. The Labute approximate surface area is 130 Å². The van der Waals surface area contributed by atoms with Crippen LogP contribution < -0.4 is 15.5 Å². The van der Waals surface area contributed by atoms with Gasteiger partial charge in [0.25, 0.3) is 0 Å². The second-order valence-corrected chi connectivity index (χ2v) is 5.44. The van der Waals surface area contributed by atoms with Crippen LogP contribution in [-0.2, 0) is 16.1 Å². The Morgan fingerprint density at radius 3 is 3.14 bits per heavy atom. The number of nitrogens with one attached hydrogen (secondary N) is 2. The molecule has 0 saturated carbocycles. The number of ether oxygens (including phenoxy) is 1. The van der Waals surface area contributed by atoms with E-state index in [1.54, 1.807) is 7.11 Å². The van der Waals surface area contributed by atoms with Gasteiger partial charge < -0.3 is 20.3 Å². The molecule has 0 bridgehead atoms. The molecule has 1 heterocycles. The number of nitrogens with zero attached hydrogens (tertiary/aromatic N) is 1. The molecular weight excluding hydrogens is 290 g/mol. The molecule has 1 aromatic carbocycles. The number of carbonyl (C=O) groups is 1. The standard InChI is InChI=1S/C15H22ClN3O2/c1-21-9-7-17-10-12-13(16)4-2-5-14(12)19-8-3-6-18-15(20)11-19/h2,4-5,17H,3,6-11H2,1H3,(H,18,20). The van der Waals surface area contributed by atoms with Gasteiger partial charge >= 0.3 is 0 Å². The number of anilines is 1. The Hall–Kier alpha value is -1.30. The van der Waals surface area contributed by atoms with Crippen LogP contribution in [0.4, 0.5) is 5.69 Å². The fourth-order valence-electron chi connectivity index (χ4n) is 2.42. The third-order valence-electron chi connectivity index (χ3n) is 3.48. The van der Waals surface area contributed by atoms with Crippen molar-refractivity contribution in [3.8, 4) is 0 Å². The molecule has 5 nitrogen and oxygen atoms in total. The molecule has 0 atom stereocenters. The minimum Gasteiger partial charge on any atom is -0.383 e. The largest absolute Gasteiger partial charge is 0.383 e. The maximum Gasteiger partial charge on any atom is 0.239 e. The molecule has 0 radical (unpaired) electrons. The number of halogens is 1. The van der Waals surface area contributed by atoms with Crippen molar-refractivity contribution in [3.05, 3.63) is 28.8 Å². The highest BCUT2D eigenvalue weighted by Crippen LogP contribution is 2.28. The first-order valence-corrected chi connectivity index (χ1v) is 7.59. The third kappa shape index (κ3) is 4.59. The molecule has 21 heavy (non-hydrogen) atoms. The molecule has 1 aromatic rings. The first-order valence-electron chi connectivity index (χ1n) is 7.21. The molecule has 1 aliphatic rings. The lowest BCUT2D eigenvalue weighted by Gasteiger charge is -2.25. The van der Waals surface area contributed by atoms with E-state index in [1.165, 1.54) is 0 Å². The SMILES string of the molecule is COCCNCc1c(Cl)cccc1N1CCCNC(=O)C1. The zero-order chi connectivity index (χ0) is 15.1. The highest BCUT2D eigenvalue weighted by molar-refractivity contribution is 6.31. The lowest BCUT2D eigenvalue weighted by molar-refractivity contribution is -0.119. The maximum absolute atomic E-state index is 11.7. The van der Waals surface area contributed by atoms with Gasteiger partial charge in [0.1, 0.15) is 0 Å². The van der Waals surface area contributed by atoms with E-state index in [-0.39, 0.29) is 5.91 Å². The normalized spacial score (nSPS) is 15.7. The summed E-state index contributed by atoms with van der Waals surface area (Å²) < 4.78 is 5.03. The number of carbonyl (C=O) groups excluding carboxylic acids is 1. The van der Waals surface area contributed by atoms with Crippen LogP contribution in [0, 0.1) is 0 Å². The van der Waals surface area contributed by atoms with Gasteiger partial charge in [0.05, 0.1) is 13.2 Å². The van der Waals surface area contributed by atoms with Crippen LogP contribution in [0.25, 0.3) is 0 Å². The van der Waals surface area contributed by atoms with Crippen LogP contribution >= 0.6 is 11.6 Å². The number of methoxy groups -OCH3 is 1. The number of amides is 1. The van der Waals surface area contributed by atoms with Crippen LogP contribution in [0.2, 0.25) is 5.02 Å². The van der Waals surface area contributed by atoms with Gasteiger partial charge in [0.15, 0.2) is 0 Å². The van der Waals surface area contributed by atoms with Gasteiger partial charge in [-0.1, -0.05) is 17.7 Å². The monoisotopic (exact) mass is 311 g/mol. The molecule has 1 fully saturated rings. The predicted octanol–water partition coefficient (Wildman–Crippen LogP) is 1.40. The van der Waals surface area contributed by atoms with Gasteiger partial charge in [-0.25, -0.2) is 0 Å². The average Bonchev–Trinajstić information content (AvgIpc) is 2.69. The smallest absolute Gasteiger partial charge is 0.239 e. The Morgan fingerprint density at radius 1 is 1.48 bits per heavy atom. The van der Waals surface area contributed by atoms with Gasteiger partial charge in [0.2, 0.25) is 5.91 Å². The lowest BCUT2D eigenvalue weighted by Crippen LogP contribution is -2.34. The van der Waals surface area contributed by atoms with Gasteiger partial charge in [-0.2, -0.15) is 0 Å². The molecule has 0 aromatic heterocycles. The topological polar surface area (TPSA) is 53.6 Å². The summed E-state index contributed by atoms with van der Waals surface area (Å²) in [4.78, 5) is 13.8. The average molecular weight is 312 g/mol. The van der Waals surface area contributed by atoms with Crippen molar-refractivity contribution in [2.45, 2.75) is 13.0 Å². The summed E-state index contributed by atoms with van der Waals surface area (Å²) in [5.41, 5.74) is 2.06.